The lowest BCUT2D eigenvalue weighted by Crippen LogP contribution is -2.19. The first-order valence-corrected chi connectivity index (χ1v) is 3.45. The summed E-state index contributed by atoms with van der Waals surface area (Å²) in [4.78, 5) is 18.9. The molecule has 0 radical (unpaired) electrons. The van der Waals surface area contributed by atoms with Crippen molar-refractivity contribution in [2.75, 3.05) is 11.9 Å². The van der Waals surface area contributed by atoms with Gasteiger partial charge in [-0.25, -0.2) is 9.97 Å². The first-order chi connectivity index (χ1) is 5.38. The van der Waals surface area contributed by atoms with Gasteiger partial charge in [-0.05, 0) is 0 Å². The maximum absolute atomic E-state index is 11.2. The molecule has 1 aromatic rings. The molecule has 0 aromatic carbocycles. The third-order valence-electron chi connectivity index (χ3n) is 1.66. The number of ketones is 1. The van der Waals surface area contributed by atoms with Gasteiger partial charge in [0.2, 0.25) is 0 Å². The molecule has 4 heteroatoms. The first-order valence-electron chi connectivity index (χ1n) is 3.45. The number of nitrogens with zero attached hydrogens (tertiary/aromatic N) is 2. The highest BCUT2D eigenvalue weighted by Crippen LogP contribution is 2.16. The maximum Gasteiger partial charge on any atom is 0.169 e. The highest BCUT2D eigenvalue weighted by Gasteiger charge is 2.16. The van der Waals surface area contributed by atoms with Gasteiger partial charge < -0.3 is 5.32 Å². The monoisotopic (exact) mass is 149 g/mol. The normalized spacial score (nSPS) is 15.5. The van der Waals surface area contributed by atoms with Gasteiger partial charge in [0.25, 0.3) is 0 Å². The van der Waals surface area contributed by atoms with E-state index in [1.807, 2.05) is 0 Å². The minimum absolute atomic E-state index is 0.124. The number of fused-ring (bicyclic) bond motifs is 1. The second-order valence-corrected chi connectivity index (χ2v) is 2.38. The van der Waals surface area contributed by atoms with E-state index < -0.39 is 0 Å². The van der Waals surface area contributed by atoms with Crippen molar-refractivity contribution in [3.63, 3.8) is 0 Å². The van der Waals surface area contributed by atoms with Gasteiger partial charge in [0.15, 0.2) is 5.78 Å². The van der Waals surface area contributed by atoms with E-state index in [4.69, 9.17) is 0 Å². The minimum atomic E-state index is 0.124. The van der Waals surface area contributed by atoms with Crippen molar-refractivity contribution in [1.29, 1.82) is 0 Å². The predicted molar refractivity (Wildman–Crippen MR) is 39.5 cm³/mol. The molecule has 0 saturated carbocycles. The van der Waals surface area contributed by atoms with Crippen LogP contribution in [0.2, 0.25) is 0 Å². The van der Waals surface area contributed by atoms with E-state index in [9.17, 15) is 4.79 Å². The molecule has 0 spiro atoms. The summed E-state index contributed by atoms with van der Waals surface area (Å²) in [5.74, 6) is 0.788. The van der Waals surface area contributed by atoms with Crippen molar-refractivity contribution >= 4 is 11.6 Å². The molecule has 0 bridgehead atoms. The molecule has 2 rings (SSSR count). The summed E-state index contributed by atoms with van der Waals surface area (Å²) in [5, 5.41) is 3.02. The number of anilines is 1. The smallest absolute Gasteiger partial charge is 0.169 e. The summed E-state index contributed by atoms with van der Waals surface area (Å²) in [6.07, 6.45) is 3.53. The average Bonchev–Trinajstić information content (AvgIpc) is 2.06. The standard InChI is InChI=1S/C7H7N3O/c11-6-1-2-9-7-5(6)3-8-4-10-7/h3-4H,1-2H2,(H,8,9,10). The number of nitrogens with one attached hydrogen (secondary N) is 1. The molecule has 0 atom stereocenters. The van der Waals surface area contributed by atoms with E-state index in [0.29, 0.717) is 24.3 Å². The summed E-state index contributed by atoms with van der Waals surface area (Å²) >= 11 is 0. The van der Waals surface area contributed by atoms with E-state index in [1.165, 1.54) is 6.33 Å². The lowest BCUT2D eigenvalue weighted by Gasteiger charge is -2.13. The van der Waals surface area contributed by atoms with E-state index in [1.54, 1.807) is 6.20 Å². The van der Waals surface area contributed by atoms with Crippen molar-refractivity contribution in [1.82, 2.24) is 9.97 Å². The molecule has 0 amide bonds. The van der Waals surface area contributed by atoms with Gasteiger partial charge in [-0.3, -0.25) is 4.79 Å². The number of carbonyl (C=O) groups excluding carboxylic acids is 1. The molecule has 56 valence electrons. The van der Waals surface area contributed by atoms with Crippen molar-refractivity contribution in [2.24, 2.45) is 0 Å². The van der Waals surface area contributed by atoms with Crippen molar-refractivity contribution in [3.8, 4) is 0 Å². The Hall–Kier alpha value is -1.45. The molecule has 1 aromatic heterocycles. The lowest BCUT2D eigenvalue weighted by atomic mass is 10.1. The number of hydrogen-bond donors (Lipinski definition) is 1. The van der Waals surface area contributed by atoms with Gasteiger partial charge in [0, 0.05) is 19.2 Å². The van der Waals surface area contributed by atoms with Crippen LogP contribution in [-0.4, -0.2) is 22.3 Å². The fourth-order valence-corrected chi connectivity index (χ4v) is 1.10. The van der Waals surface area contributed by atoms with Gasteiger partial charge >= 0.3 is 0 Å². The molecule has 1 aliphatic rings. The molecule has 2 heterocycles. The van der Waals surface area contributed by atoms with Crippen molar-refractivity contribution in [3.05, 3.63) is 18.1 Å². The minimum Gasteiger partial charge on any atom is -0.369 e. The Labute approximate surface area is 63.7 Å². The van der Waals surface area contributed by atoms with E-state index in [0.717, 1.165) is 0 Å². The van der Waals surface area contributed by atoms with Crippen LogP contribution in [0.5, 0.6) is 0 Å². The quantitative estimate of drug-likeness (QED) is 0.582. The SMILES string of the molecule is O=C1CCNc2ncncc21. The fourth-order valence-electron chi connectivity index (χ4n) is 1.10. The van der Waals surface area contributed by atoms with Crippen LogP contribution in [0.25, 0.3) is 0 Å². The molecular formula is C7H7N3O. The predicted octanol–water partition coefficient (Wildman–Crippen LogP) is 0.475. The molecule has 0 saturated heterocycles. The van der Waals surface area contributed by atoms with E-state index >= 15 is 0 Å². The number of rotatable bonds is 0. The van der Waals surface area contributed by atoms with Crippen LogP contribution < -0.4 is 5.32 Å². The molecule has 1 N–H and O–H groups in total. The summed E-state index contributed by atoms with van der Waals surface area (Å²) < 4.78 is 0. The maximum atomic E-state index is 11.2. The van der Waals surface area contributed by atoms with Gasteiger partial charge in [0.05, 0.1) is 5.56 Å². The highest BCUT2D eigenvalue weighted by molar-refractivity contribution is 6.01. The number of Topliss-reactive ketones (excluding diaryl/α,β-unsaturated/α-hetero) is 1. The van der Waals surface area contributed by atoms with Crippen LogP contribution in [0, 0.1) is 0 Å². The average molecular weight is 149 g/mol. The third-order valence-corrected chi connectivity index (χ3v) is 1.66. The zero-order valence-electron chi connectivity index (χ0n) is 5.87. The van der Waals surface area contributed by atoms with Gasteiger partial charge in [-0.1, -0.05) is 0 Å². The Bertz CT molecular complexity index is 297. The van der Waals surface area contributed by atoms with Gasteiger partial charge in [0.1, 0.15) is 12.1 Å². The molecular weight excluding hydrogens is 142 g/mol. The number of aromatic nitrogens is 2. The summed E-state index contributed by atoms with van der Waals surface area (Å²) in [7, 11) is 0. The Morgan fingerprint density at radius 3 is 3.27 bits per heavy atom. The molecule has 11 heavy (non-hydrogen) atoms. The summed E-state index contributed by atoms with van der Waals surface area (Å²) in [6.45, 7) is 0.683. The van der Waals surface area contributed by atoms with Crippen LogP contribution in [0.3, 0.4) is 0 Å². The van der Waals surface area contributed by atoms with Crippen LogP contribution >= 0.6 is 0 Å². The van der Waals surface area contributed by atoms with E-state index in [2.05, 4.69) is 15.3 Å². The Balaban J connectivity index is 2.52. The Morgan fingerprint density at radius 1 is 1.55 bits per heavy atom. The number of carbonyl (C=O) groups is 1. The fraction of sp³-hybridized carbons (Fsp3) is 0.286. The largest absolute Gasteiger partial charge is 0.369 e. The second kappa shape index (κ2) is 2.30. The molecule has 0 aliphatic carbocycles. The van der Waals surface area contributed by atoms with Crippen LogP contribution in [0.15, 0.2) is 12.5 Å². The van der Waals surface area contributed by atoms with Gasteiger partial charge in [-0.15, -0.1) is 0 Å². The Kier molecular flexibility index (Phi) is 1.31. The molecule has 1 aliphatic heterocycles. The second-order valence-electron chi connectivity index (χ2n) is 2.38. The summed E-state index contributed by atoms with van der Waals surface area (Å²) in [6, 6.07) is 0. The van der Waals surface area contributed by atoms with Crippen LogP contribution in [-0.2, 0) is 0 Å². The number of hydrogen-bond acceptors (Lipinski definition) is 4. The van der Waals surface area contributed by atoms with Crippen molar-refractivity contribution < 1.29 is 4.79 Å². The molecule has 4 nitrogen and oxygen atoms in total. The summed E-state index contributed by atoms with van der Waals surface area (Å²) in [5.41, 5.74) is 0.610. The third kappa shape index (κ3) is 0.960. The highest BCUT2D eigenvalue weighted by atomic mass is 16.1. The molecule has 0 unspecified atom stereocenters. The first kappa shape index (κ1) is 6.27. The topological polar surface area (TPSA) is 54.9 Å². The zero-order chi connectivity index (χ0) is 7.68. The van der Waals surface area contributed by atoms with Crippen molar-refractivity contribution in [2.45, 2.75) is 6.42 Å². The zero-order valence-corrected chi connectivity index (χ0v) is 5.87. The molecule has 0 fully saturated rings. The van der Waals surface area contributed by atoms with E-state index in [-0.39, 0.29) is 5.78 Å². The lowest BCUT2D eigenvalue weighted by molar-refractivity contribution is 0.0983. The Morgan fingerprint density at radius 2 is 2.45 bits per heavy atom. The van der Waals surface area contributed by atoms with Gasteiger partial charge in [-0.2, -0.15) is 0 Å². The van der Waals surface area contributed by atoms with Crippen LogP contribution in [0.1, 0.15) is 16.8 Å². The van der Waals surface area contributed by atoms with Crippen LogP contribution in [0.4, 0.5) is 5.82 Å².